The Kier molecular flexibility index (Phi) is 4.16. The summed E-state index contributed by atoms with van der Waals surface area (Å²) >= 11 is 0. The highest BCUT2D eigenvalue weighted by Crippen LogP contribution is 2.29. The Morgan fingerprint density at radius 1 is 0.885 bits per heavy atom. The predicted octanol–water partition coefficient (Wildman–Crippen LogP) is 2.49. The van der Waals surface area contributed by atoms with Crippen LogP contribution in [0.3, 0.4) is 0 Å². The summed E-state index contributed by atoms with van der Waals surface area (Å²) in [4.78, 5) is 39.9. The van der Waals surface area contributed by atoms with Crippen LogP contribution in [0.4, 0.5) is 5.69 Å². The van der Waals surface area contributed by atoms with Crippen molar-refractivity contribution >= 4 is 23.4 Å². The van der Waals surface area contributed by atoms with Crippen LogP contribution < -0.4 is 9.64 Å². The first-order valence-corrected chi connectivity index (χ1v) is 8.63. The zero-order chi connectivity index (χ0) is 18.1. The minimum atomic E-state index is -0.330. The molecule has 6 nitrogen and oxygen atoms in total. The van der Waals surface area contributed by atoms with Crippen molar-refractivity contribution in [2.75, 3.05) is 24.6 Å². The molecule has 4 rings (SSSR count). The molecule has 0 saturated carbocycles. The van der Waals surface area contributed by atoms with Crippen LogP contribution in [0.25, 0.3) is 0 Å². The van der Waals surface area contributed by atoms with Crippen LogP contribution in [0.15, 0.2) is 48.5 Å². The lowest BCUT2D eigenvalue weighted by Crippen LogP contribution is -2.32. The molecule has 132 valence electrons. The summed E-state index contributed by atoms with van der Waals surface area (Å²) in [5.74, 6) is -0.156. The summed E-state index contributed by atoms with van der Waals surface area (Å²) in [5, 5.41) is 0. The van der Waals surface area contributed by atoms with Crippen LogP contribution in [0.1, 0.15) is 33.6 Å². The molecular formula is C20H18N2O4. The number of benzene rings is 2. The second-order valence-electron chi connectivity index (χ2n) is 6.36. The summed E-state index contributed by atoms with van der Waals surface area (Å²) in [5.41, 5.74) is 1.30. The van der Waals surface area contributed by atoms with E-state index in [0.717, 1.165) is 30.8 Å². The molecule has 2 aromatic rings. The number of amides is 3. The SMILES string of the molecule is O=C(COc1ccc(N2C(=O)c3ccccc3C2=O)cc1)N1CCCC1. The molecule has 1 fully saturated rings. The molecule has 0 aromatic heterocycles. The standard InChI is InChI=1S/C20H18N2O4/c23-18(21-11-3-4-12-21)13-26-15-9-7-14(8-10-15)22-19(24)16-5-1-2-6-17(16)20(22)25/h1-2,5-10H,3-4,11-13H2. The zero-order valence-corrected chi connectivity index (χ0v) is 14.2. The first-order chi connectivity index (χ1) is 12.6. The van der Waals surface area contributed by atoms with Gasteiger partial charge in [0, 0.05) is 13.1 Å². The van der Waals surface area contributed by atoms with Crippen LogP contribution in [0.2, 0.25) is 0 Å². The Balaban J connectivity index is 1.44. The number of hydrogen-bond donors (Lipinski definition) is 0. The van der Waals surface area contributed by atoms with E-state index in [2.05, 4.69) is 0 Å². The average Bonchev–Trinajstić information content (AvgIpc) is 3.29. The van der Waals surface area contributed by atoms with Gasteiger partial charge < -0.3 is 9.64 Å². The molecule has 26 heavy (non-hydrogen) atoms. The van der Waals surface area contributed by atoms with E-state index in [1.54, 1.807) is 53.4 Å². The number of likely N-dealkylation sites (tertiary alicyclic amines) is 1. The Labute approximate surface area is 151 Å². The molecule has 0 bridgehead atoms. The fourth-order valence-electron chi connectivity index (χ4n) is 3.32. The van der Waals surface area contributed by atoms with E-state index < -0.39 is 0 Å². The van der Waals surface area contributed by atoms with E-state index in [9.17, 15) is 14.4 Å². The third-order valence-electron chi connectivity index (χ3n) is 4.71. The van der Waals surface area contributed by atoms with E-state index in [4.69, 9.17) is 4.74 Å². The van der Waals surface area contributed by atoms with Crippen molar-refractivity contribution in [1.29, 1.82) is 0 Å². The van der Waals surface area contributed by atoms with Crippen molar-refractivity contribution in [3.05, 3.63) is 59.7 Å². The fraction of sp³-hybridized carbons (Fsp3) is 0.250. The van der Waals surface area contributed by atoms with E-state index >= 15 is 0 Å². The van der Waals surface area contributed by atoms with Gasteiger partial charge in [0.1, 0.15) is 5.75 Å². The third-order valence-corrected chi connectivity index (χ3v) is 4.71. The molecule has 0 radical (unpaired) electrons. The van der Waals surface area contributed by atoms with E-state index in [-0.39, 0.29) is 24.3 Å². The fourth-order valence-corrected chi connectivity index (χ4v) is 3.32. The molecule has 0 unspecified atom stereocenters. The highest BCUT2D eigenvalue weighted by molar-refractivity contribution is 6.34. The molecule has 0 N–H and O–H groups in total. The number of fused-ring (bicyclic) bond motifs is 1. The monoisotopic (exact) mass is 350 g/mol. The minimum Gasteiger partial charge on any atom is -0.484 e. The number of carbonyl (C=O) groups is 3. The normalized spacial score (nSPS) is 16.2. The first kappa shape index (κ1) is 16.3. The molecule has 2 aromatic carbocycles. The highest BCUT2D eigenvalue weighted by Gasteiger charge is 2.36. The number of ether oxygens (including phenoxy) is 1. The summed E-state index contributed by atoms with van der Waals surface area (Å²) in [6.07, 6.45) is 2.08. The summed E-state index contributed by atoms with van der Waals surface area (Å²) in [6, 6.07) is 13.4. The van der Waals surface area contributed by atoms with Gasteiger partial charge >= 0.3 is 0 Å². The number of carbonyl (C=O) groups excluding carboxylic acids is 3. The summed E-state index contributed by atoms with van der Waals surface area (Å²) in [6.45, 7) is 1.58. The highest BCUT2D eigenvalue weighted by atomic mass is 16.5. The molecule has 2 aliphatic rings. The van der Waals surface area contributed by atoms with Crippen molar-refractivity contribution < 1.29 is 19.1 Å². The lowest BCUT2D eigenvalue weighted by atomic mass is 10.1. The van der Waals surface area contributed by atoms with Crippen LogP contribution in [0, 0.1) is 0 Å². The molecule has 0 atom stereocenters. The van der Waals surface area contributed by atoms with Crippen molar-refractivity contribution in [2.24, 2.45) is 0 Å². The smallest absolute Gasteiger partial charge is 0.266 e. The topological polar surface area (TPSA) is 66.9 Å². The number of hydrogen-bond acceptors (Lipinski definition) is 4. The van der Waals surface area contributed by atoms with Crippen molar-refractivity contribution in [3.8, 4) is 5.75 Å². The van der Waals surface area contributed by atoms with Gasteiger partial charge in [-0.05, 0) is 49.2 Å². The Bertz CT molecular complexity index is 835. The third kappa shape index (κ3) is 2.83. The van der Waals surface area contributed by atoms with Gasteiger partial charge in [0.2, 0.25) is 0 Å². The lowest BCUT2D eigenvalue weighted by Gasteiger charge is -2.16. The molecular weight excluding hydrogens is 332 g/mol. The maximum absolute atomic E-state index is 12.5. The molecule has 2 aliphatic heterocycles. The van der Waals surface area contributed by atoms with Gasteiger partial charge in [-0.15, -0.1) is 0 Å². The summed E-state index contributed by atoms with van der Waals surface area (Å²) in [7, 11) is 0. The number of nitrogens with zero attached hydrogens (tertiary/aromatic N) is 2. The van der Waals surface area contributed by atoms with Gasteiger partial charge in [0.15, 0.2) is 6.61 Å². The summed E-state index contributed by atoms with van der Waals surface area (Å²) < 4.78 is 5.53. The van der Waals surface area contributed by atoms with Gasteiger partial charge in [0.25, 0.3) is 17.7 Å². The Hall–Kier alpha value is -3.15. The molecule has 1 saturated heterocycles. The van der Waals surface area contributed by atoms with E-state index in [1.807, 2.05) is 0 Å². The van der Waals surface area contributed by atoms with Crippen LogP contribution in [-0.2, 0) is 4.79 Å². The Morgan fingerprint density at radius 3 is 2.04 bits per heavy atom. The largest absolute Gasteiger partial charge is 0.484 e. The Morgan fingerprint density at radius 2 is 1.46 bits per heavy atom. The molecule has 6 heteroatoms. The van der Waals surface area contributed by atoms with Gasteiger partial charge in [0.05, 0.1) is 16.8 Å². The number of rotatable bonds is 4. The maximum atomic E-state index is 12.5. The number of anilines is 1. The number of imide groups is 1. The van der Waals surface area contributed by atoms with Crippen molar-refractivity contribution in [3.63, 3.8) is 0 Å². The lowest BCUT2D eigenvalue weighted by molar-refractivity contribution is -0.132. The predicted molar refractivity (Wildman–Crippen MR) is 95.3 cm³/mol. The van der Waals surface area contributed by atoms with Crippen LogP contribution >= 0.6 is 0 Å². The van der Waals surface area contributed by atoms with Gasteiger partial charge in [-0.25, -0.2) is 4.90 Å². The van der Waals surface area contributed by atoms with Crippen LogP contribution in [0.5, 0.6) is 5.75 Å². The van der Waals surface area contributed by atoms with Crippen molar-refractivity contribution in [1.82, 2.24) is 4.90 Å². The van der Waals surface area contributed by atoms with E-state index in [0.29, 0.717) is 22.6 Å². The first-order valence-electron chi connectivity index (χ1n) is 8.63. The second-order valence-corrected chi connectivity index (χ2v) is 6.36. The zero-order valence-electron chi connectivity index (χ0n) is 14.2. The second kappa shape index (κ2) is 6.63. The minimum absolute atomic E-state index is 0.00758. The van der Waals surface area contributed by atoms with Gasteiger partial charge in [-0.3, -0.25) is 14.4 Å². The van der Waals surface area contributed by atoms with E-state index in [1.165, 1.54) is 0 Å². The van der Waals surface area contributed by atoms with Gasteiger partial charge in [-0.2, -0.15) is 0 Å². The molecule has 2 heterocycles. The quantitative estimate of drug-likeness (QED) is 0.795. The molecule has 0 aliphatic carbocycles. The van der Waals surface area contributed by atoms with Gasteiger partial charge in [-0.1, -0.05) is 12.1 Å². The van der Waals surface area contributed by atoms with Crippen LogP contribution in [-0.4, -0.2) is 42.3 Å². The molecule has 0 spiro atoms. The van der Waals surface area contributed by atoms with Crippen molar-refractivity contribution in [2.45, 2.75) is 12.8 Å². The average molecular weight is 350 g/mol. The molecule has 3 amide bonds. The maximum Gasteiger partial charge on any atom is 0.266 e.